The molecule has 2 aromatic rings. The molecule has 0 saturated carbocycles. The maximum absolute atomic E-state index is 12.1. The van der Waals surface area contributed by atoms with Gasteiger partial charge in [0, 0.05) is 23.3 Å². The van der Waals surface area contributed by atoms with Crippen molar-refractivity contribution in [3.8, 4) is 0 Å². The highest BCUT2D eigenvalue weighted by Gasteiger charge is 2.15. The first kappa shape index (κ1) is 18.7. The topological polar surface area (TPSA) is 32.3 Å². The van der Waals surface area contributed by atoms with E-state index in [1.54, 1.807) is 12.1 Å². The number of amides is 1. The van der Waals surface area contributed by atoms with E-state index in [0.29, 0.717) is 5.02 Å². The van der Waals surface area contributed by atoms with Crippen molar-refractivity contribution >= 4 is 29.3 Å². The number of halogens is 1. The molecule has 0 radical (unpaired) electrons. The Morgan fingerprint density at radius 3 is 2.54 bits per heavy atom. The minimum absolute atomic E-state index is 0.164. The molecule has 1 aliphatic rings. The molecule has 2 aromatic carbocycles. The number of hydrogen-bond donors (Lipinski definition) is 1. The van der Waals surface area contributed by atoms with Gasteiger partial charge in [0.15, 0.2) is 0 Å². The Kier molecular flexibility index (Phi) is 6.48. The summed E-state index contributed by atoms with van der Waals surface area (Å²) in [5, 5.41) is 3.52. The normalized spacial score (nSPS) is 16.1. The summed E-state index contributed by atoms with van der Waals surface area (Å²) in [7, 11) is 0. The second-order valence-electron chi connectivity index (χ2n) is 7.00. The number of hydrogen-bond acceptors (Lipinski definition) is 2. The predicted octanol–water partition coefficient (Wildman–Crippen LogP) is 5.22. The van der Waals surface area contributed by atoms with Crippen molar-refractivity contribution in [3.05, 3.63) is 70.8 Å². The lowest BCUT2D eigenvalue weighted by atomic mass is 9.99. The second kappa shape index (κ2) is 9.02. The van der Waals surface area contributed by atoms with Crippen LogP contribution in [-0.2, 0) is 11.3 Å². The molecule has 0 spiro atoms. The van der Waals surface area contributed by atoms with Crippen LogP contribution in [0.25, 0.3) is 6.08 Å². The monoisotopic (exact) mass is 368 g/mol. The van der Waals surface area contributed by atoms with Gasteiger partial charge in [0.2, 0.25) is 5.91 Å². The van der Waals surface area contributed by atoms with Crippen LogP contribution in [0.3, 0.4) is 0 Å². The molecule has 0 atom stereocenters. The van der Waals surface area contributed by atoms with Crippen molar-refractivity contribution in [3.63, 3.8) is 0 Å². The van der Waals surface area contributed by atoms with Crippen molar-refractivity contribution in [2.75, 3.05) is 18.4 Å². The summed E-state index contributed by atoms with van der Waals surface area (Å²) in [6, 6.07) is 15.5. The predicted molar refractivity (Wildman–Crippen MR) is 109 cm³/mol. The number of carbonyl (C=O) groups is 1. The molecule has 0 aromatic heterocycles. The van der Waals surface area contributed by atoms with Crippen LogP contribution in [0.5, 0.6) is 0 Å². The van der Waals surface area contributed by atoms with Gasteiger partial charge in [0.25, 0.3) is 0 Å². The molecule has 0 aliphatic carbocycles. The fourth-order valence-electron chi connectivity index (χ4n) is 3.13. The third-order valence-electron chi connectivity index (χ3n) is 4.82. The summed E-state index contributed by atoms with van der Waals surface area (Å²) in [4.78, 5) is 14.6. The zero-order valence-electron chi connectivity index (χ0n) is 15.1. The van der Waals surface area contributed by atoms with E-state index in [1.165, 1.54) is 37.6 Å². The Morgan fingerprint density at radius 1 is 1.15 bits per heavy atom. The van der Waals surface area contributed by atoms with E-state index in [4.69, 9.17) is 11.6 Å². The van der Waals surface area contributed by atoms with Gasteiger partial charge >= 0.3 is 0 Å². The SMILES string of the molecule is CC1CCN(Cc2ccc(NC(=O)/C=C/c3ccccc3Cl)cc2)CC1. The summed E-state index contributed by atoms with van der Waals surface area (Å²) in [5.41, 5.74) is 2.91. The van der Waals surface area contributed by atoms with E-state index in [9.17, 15) is 4.79 Å². The lowest BCUT2D eigenvalue weighted by Crippen LogP contribution is -2.32. The number of benzene rings is 2. The van der Waals surface area contributed by atoms with Crippen LogP contribution < -0.4 is 5.32 Å². The van der Waals surface area contributed by atoms with E-state index < -0.39 is 0 Å². The molecule has 0 unspecified atom stereocenters. The molecule has 1 heterocycles. The van der Waals surface area contributed by atoms with Crippen LogP contribution in [0.2, 0.25) is 5.02 Å². The highest BCUT2D eigenvalue weighted by atomic mass is 35.5. The summed E-state index contributed by atoms with van der Waals surface area (Å²) < 4.78 is 0. The average Bonchev–Trinajstić information content (AvgIpc) is 2.64. The van der Waals surface area contributed by atoms with E-state index in [0.717, 1.165) is 23.7 Å². The molecule has 3 nitrogen and oxygen atoms in total. The summed E-state index contributed by atoms with van der Waals surface area (Å²) in [6.07, 6.45) is 5.80. The Bertz CT molecular complexity index is 762. The van der Waals surface area contributed by atoms with Crippen molar-refractivity contribution in [2.24, 2.45) is 5.92 Å². The molecule has 1 N–H and O–H groups in total. The van der Waals surface area contributed by atoms with Gasteiger partial charge in [0.05, 0.1) is 0 Å². The van der Waals surface area contributed by atoms with Gasteiger partial charge in [-0.3, -0.25) is 9.69 Å². The minimum atomic E-state index is -0.164. The van der Waals surface area contributed by atoms with Gasteiger partial charge in [-0.15, -0.1) is 0 Å². The van der Waals surface area contributed by atoms with Gasteiger partial charge in [-0.25, -0.2) is 0 Å². The lowest BCUT2D eigenvalue weighted by molar-refractivity contribution is -0.111. The van der Waals surface area contributed by atoms with Gasteiger partial charge < -0.3 is 5.32 Å². The van der Waals surface area contributed by atoms with Crippen LogP contribution in [0.1, 0.15) is 30.9 Å². The van der Waals surface area contributed by atoms with E-state index in [1.807, 2.05) is 30.3 Å². The molecule has 1 aliphatic heterocycles. The molecule has 1 amide bonds. The molecular weight excluding hydrogens is 344 g/mol. The van der Waals surface area contributed by atoms with E-state index in [-0.39, 0.29) is 5.91 Å². The fraction of sp³-hybridized carbons (Fsp3) is 0.318. The Hall–Kier alpha value is -2.10. The van der Waals surface area contributed by atoms with Gasteiger partial charge in [-0.1, -0.05) is 48.9 Å². The summed E-state index contributed by atoms with van der Waals surface area (Å²) in [6.45, 7) is 5.65. The number of carbonyl (C=O) groups excluding carboxylic acids is 1. The lowest BCUT2D eigenvalue weighted by Gasteiger charge is -2.30. The Morgan fingerprint density at radius 2 is 1.85 bits per heavy atom. The molecule has 3 rings (SSSR count). The quantitative estimate of drug-likeness (QED) is 0.733. The second-order valence-corrected chi connectivity index (χ2v) is 7.41. The molecule has 1 fully saturated rings. The molecule has 1 saturated heterocycles. The third kappa shape index (κ3) is 5.45. The maximum atomic E-state index is 12.1. The van der Waals surface area contributed by atoms with Crippen LogP contribution in [-0.4, -0.2) is 23.9 Å². The van der Waals surface area contributed by atoms with E-state index >= 15 is 0 Å². The first-order valence-corrected chi connectivity index (χ1v) is 9.53. The summed E-state index contributed by atoms with van der Waals surface area (Å²) >= 11 is 6.09. The smallest absolute Gasteiger partial charge is 0.248 e. The largest absolute Gasteiger partial charge is 0.323 e. The molecule has 4 heteroatoms. The van der Waals surface area contributed by atoms with E-state index in [2.05, 4.69) is 29.3 Å². The number of rotatable bonds is 5. The zero-order valence-corrected chi connectivity index (χ0v) is 15.9. The van der Waals surface area contributed by atoms with Crippen molar-refractivity contribution in [2.45, 2.75) is 26.3 Å². The number of likely N-dealkylation sites (tertiary alicyclic amines) is 1. The van der Waals surface area contributed by atoms with Crippen molar-refractivity contribution < 1.29 is 4.79 Å². The Labute approximate surface area is 160 Å². The first-order valence-electron chi connectivity index (χ1n) is 9.15. The van der Waals surface area contributed by atoms with Gasteiger partial charge in [-0.2, -0.15) is 0 Å². The minimum Gasteiger partial charge on any atom is -0.323 e. The number of nitrogens with one attached hydrogen (secondary N) is 1. The van der Waals surface area contributed by atoms with Gasteiger partial charge in [0.1, 0.15) is 0 Å². The standard InChI is InChI=1S/C22H25ClN2O/c1-17-12-14-25(15-13-17)16-18-6-9-20(10-7-18)24-22(26)11-8-19-4-2-3-5-21(19)23/h2-11,17H,12-16H2,1H3,(H,24,26)/b11-8+. The fourth-order valence-corrected chi connectivity index (χ4v) is 3.33. The van der Waals surface area contributed by atoms with Crippen LogP contribution >= 0.6 is 11.6 Å². The summed E-state index contributed by atoms with van der Waals surface area (Å²) in [5.74, 6) is 0.686. The van der Waals surface area contributed by atoms with Crippen molar-refractivity contribution in [1.29, 1.82) is 0 Å². The zero-order chi connectivity index (χ0) is 18.4. The van der Waals surface area contributed by atoms with Gasteiger partial charge in [-0.05, 0) is 67.3 Å². The highest BCUT2D eigenvalue weighted by Crippen LogP contribution is 2.19. The van der Waals surface area contributed by atoms with Crippen molar-refractivity contribution in [1.82, 2.24) is 4.90 Å². The molecule has 0 bridgehead atoms. The molecule has 26 heavy (non-hydrogen) atoms. The molecular formula is C22H25ClN2O. The molecule has 136 valence electrons. The number of nitrogens with zero attached hydrogens (tertiary/aromatic N) is 1. The Balaban J connectivity index is 1.52. The van der Waals surface area contributed by atoms with Crippen LogP contribution in [0, 0.1) is 5.92 Å². The van der Waals surface area contributed by atoms with Crippen LogP contribution in [0.4, 0.5) is 5.69 Å². The maximum Gasteiger partial charge on any atom is 0.248 e. The third-order valence-corrected chi connectivity index (χ3v) is 5.17. The number of piperidine rings is 1. The average molecular weight is 369 g/mol. The highest BCUT2D eigenvalue weighted by molar-refractivity contribution is 6.32. The van der Waals surface area contributed by atoms with Crippen LogP contribution in [0.15, 0.2) is 54.6 Å². The first-order chi connectivity index (χ1) is 12.6. The number of anilines is 1.